The normalized spacial score (nSPS) is 10.1. The fourth-order valence-electron chi connectivity index (χ4n) is 1.94. The number of benzene rings is 2. The molecule has 2 rings (SSSR count). The van der Waals surface area contributed by atoms with Crippen molar-refractivity contribution >= 4 is 28.8 Å². The largest absolute Gasteiger partial charge is 0.389 e. The van der Waals surface area contributed by atoms with E-state index in [1.807, 2.05) is 30.3 Å². The molecule has 21 heavy (non-hydrogen) atoms. The zero-order chi connectivity index (χ0) is 15.2. The second-order valence-electron chi connectivity index (χ2n) is 4.59. The van der Waals surface area contributed by atoms with Crippen molar-refractivity contribution in [3.05, 3.63) is 65.5 Å². The first-order valence-corrected chi connectivity index (χ1v) is 6.90. The molecule has 5 heteroatoms. The summed E-state index contributed by atoms with van der Waals surface area (Å²) in [4.78, 5) is 12.0. The molecule has 0 spiro atoms. The van der Waals surface area contributed by atoms with Crippen LogP contribution in [0.2, 0.25) is 0 Å². The predicted octanol–water partition coefficient (Wildman–Crippen LogP) is 3.03. The Kier molecular flexibility index (Phi) is 5.00. The summed E-state index contributed by atoms with van der Waals surface area (Å²) in [5.74, 6) is -0.608. The third kappa shape index (κ3) is 4.36. The molecule has 0 aliphatic heterocycles. The molecule has 0 atom stereocenters. The third-order valence-electron chi connectivity index (χ3n) is 3.00. The van der Waals surface area contributed by atoms with E-state index in [2.05, 4.69) is 5.32 Å². The van der Waals surface area contributed by atoms with E-state index in [4.69, 9.17) is 18.0 Å². The lowest BCUT2D eigenvalue weighted by atomic mass is 10.1. The van der Waals surface area contributed by atoms with Gasteiger partial charge in [0.1, 0.15) is 10.8 Å². The van der Waals surface area contributed by atoms with Crippen LogP contribution in [0.4, 0.5) is 10.1 Å². The number of carbonyl (C=O) groups excluding carboxylic acids is 1. The number of aryl methyl sites for hydroxylation is 1. The van der Waals surface area contributed by atoms with Gasteiger partial charge in [-0.2, -0.15) is 0 Å². The fraction of sp³-hybridized carbons (Fsp3) is 0.125. The van der Waals surface area contributed by atoms with E-state index in [-0.39, 0.29) is 10.9 Å². The first kappa shape index (κ1) is 15.1. The van der Waals surface area contributed by atoms with Gasteiger partial charge in [0.2, 0.25) is 5.91 Å². The standard InChI is InChI=1S/C16H15FN2OS/c17-12-7-8-14(13(10-12)16(18)21)19-15(20)9-6-11-4-2-1-3-5-11/h1-5,7-8,10H,6,9H2,(H2,18,21)(H,19,20). The van der Waals surface area contributed by atoms with Crippen molar-refractivity contribution in [1.82, 2.24) is 0 Å². The van der Waals surface area contributed by atoms with Gasteiger partial charge in [-0.05, 0) is 30.2 Å². The number of anilines is 1. The van der Waals surface area contributed by atoms with E-state index in [1.165, 1.54) is 18.2 Å². The van der Waals surface area contributed by atoms with E-state index in [9.17, 15) is 9.18 Å². The number of hydrogen-bond acceptors (Lipinski definition) is 2. The monoisotopic (exact) mass is 302 g/mol. The number of halogens is 1. The zero-order valence-electron chi connectivity index (χ0n) is 11.3. The summed E-state index contributed by atoms with van der Waals surface area (Å²) in [5.41, 5.74) is 7.39. The minimum Gasteiger partial charge on any atom is -0.389 e. The third-order valence-corrected chi connectivity index (χ3v) is 3.22. The van der Waals surface area contributed by atoms with Gasteiger partial charge in [-0.1, -0.05) is 42.5 Å². The molecule has 0 radical (unpaired) electrons. The molecule has 3 N–H and O–H groups in total. The summed E-state index contributed by atoms with van der Waals surface area (Å²) in [6.07, 6.45) is 0.967. The summed E-state index contributed by atoms with van der Waals surface area (Å²) in [7, 11) is 0. The smallest absolute Gasteiger partial charge is 0.224 e. The second-order valence-corrected chi connectivity index (χ2v) is 5.03. The average molecular weight is 302 g/mol. The van der Waals surface area contributed by atoms with Crippen LogP contribution in [0.25, 0.3) is 0 Å². The van der Waals surface area contributed by atoms with Crippen LogP contribution in [-0.4, -0.2) is 10.9 Å². The maximum absolute atomic E-state index is 13.2. The molecule has 0 aromatic heterocycles. The van der Waals surface area contributed by atoms with Crippen LogP contribution < -0.4 is 11.1 Å². The first-order valence-electron chi connectivity index (χ1n) is 6.49. The molecule has 0 saturated carbocycles. The molecular weight excluding hydrogens is 287 g/mol. The number of nitrogens with one attached hydrogen (secondary N) is 1. The molecule has 0 aliphatic rings. The van der Waals surface area contributed by atoms with Crippen molar-refractivity contribution in [2.75, 3.05) is 5.32 Å². The highest BCUT2D eigenvalue weighted by atomic mass is 32.1. The number of nitrogens with two attached hydrogens (primary N) is 1. The molecule has 0 saturated heterocycles. The molecule has 0 heterocycles. The van der Waals surface area contributed by atoms with Gasteiger partial charge in [0.25, 0.3) is 0 Å². The molecule has 108 valence electrons. The number of thiocarbonyl (C=S) groups is 1. The number of carbonyl (C=O) groups is 1. The van der Waals surface area contributed by atoms with Crippen molar-refractivity contribution < 1.29 is 9.18 Å². The van der Waals surface area contributed by atoms with Gasteiger partial charge in [-0.3, -0.25) is 4.79 Å². The van der Waals surface area contributed by atoms with Gasteiger partial charge < -0.3 is 11.1 Å². The van der Waals surface area contributed by atoms with Crippen LogP contribution in [0, 0.1) is 5.82 Å². The van der Waals surface area contributed by atoms with Crippen molar-refractivity contribution in [3.8, 4) is 0 Å². The Morgan fingerprint density at radius 3 is 2.57 bits per heavy atom. The summed E-state index contributed by atoms with van der Waals surface area (Å²) in [6, 6.07) is 13.7. The summed E-state index contributed by atoms with van der Waals surface area (Å²) in [5, 5.41) is 2.72. The van der Waals surface area contributed by atoms with E-state index in [1.54, 1.807) is 0 Å². The van der Waals surface area contributed by atoms with Gasteiger partial charge in [0.15, 0.2) is 0 Å². The molecule has 2 aromatic carbocycles. The zero-order valence-corrected chi connectivity index (χ0v) is 12.1. The molecule has 0 unspecified atom stereocenters. The lowest BCUT2D eigenvalue weighted by Gasteiger charge is -2.10. The Morgan fingerprint density at radius 2 is 1.90 bits per heavy atom. The lowest BCUT2D eigenvalue weighted by Crippen LogP contribution is -2.18. The molecular formula is C16H15FN2OS. The Balaban J connectivity index is 2.01. The van der Waals surface area contributed by atoms with Crippen LogP contribution in [-0.2, 0) is 11.2 Å². The molecule has 3 nitrogen and oxygen atoms in total. The maximum Gasteiger partial charge on any atom is 0.224 e. The van der Waals surface area contributed by atoms with Crippen LogP contribution in [0.5, 0.6) is 0 Å². The molecule has 0 aliphatic carbocycles. The van der Waals surface area contributed by atoms with Gasteiger partial charge >= 0.3 is 0 Å². The topological polar surface area (TPSA) is 55.1 Å². The molecule has 0 bridgehead atoms. The Bertz CT molecular complexity index is 659. The van der Waals surface area contributed by atoms with E-state index >= 15 is 0 Å². The summed E-state index contributed by atoms with van der Waals surface area (Å²) < 4.78 is 13.2. The van der Waals surface area contributed by atoms with Gasteiger partial charge in [-0.15, -0.1) is 0 Å². The van der Waals surface area contributed by atoms with Crippen molar-refractivity contribution in [2.45, 2.75) is 12.8 Å². The predicted molar refractivity (Wildman–Crippen MR) is 85.7 cm³/mol. The highest BCUT2D eigenvalue weighted by Gasteiger charge is 2.10. The summed E-state index contributed by atoms with van der Waals surface area (Å²) in [6.45, 7) is 0. The highest BCUT2D eigenvalue weighted by Crippen LogP contribution is 2.17. The van der Waals surface area contributed by atoms with Gasteiger partial charge in [-0.25, -0.2) is 4.39 Å². The van der Waals surface area contributed by atoms with Gasteiger partial charge in [0.05, 0.1) is 5.69 Å². The number of rotatable bonds is 5. The van der Waals surface area contributed by atoms with Crippen LogP contribution in [0.1, 0.15) is 17.5 Å². The SMILES string of the molecule is NC(=S)c1cc(F)ccc1NC(=O)CCc1ccccc1. The minimum atomic E-state index is -0.444. The number of amides is 1. The van der Waals surface area contributed by atoms with Gasteiger partial charge in [0, 0.05) is 12.0 Å². The molecule has 2 aromatic rings. The second kappa shape index (κ2) is 6.95. The molecule has 0 fully saturated rings. The van der Waals surface area contributed by atoms with E-state index in [0.29, 0.717) is 24.1 Å². The fourth-order valence-corrected chi connectivity index (χ4v) is 2.11. The Morgan fingerprint density at radius 1 is 1.19 bits per heavy atom. The quantitative estimate of drug-likeness (QED) is 0.835. The van der Waals surface area contributed by atoms with Crippen LogP contribution in [0.15, 0.2) is 48.5 Å². The van der Waals surface area contributed by atoms with Crippen molar-refractivity contribution in [2.24, 2.45) is 5.73 Å². The average Bonchev–Trinajstić information content (AvgIpc) is 2.48. The Hall–Kier alpha value is -2.27. The van der Waals surface area contributed by atoms with Crippen molar-refractivity contribution in [1.29, 1.82) is 0 Å². The summed E-state index contributed by atoms with van der Waals surface area (Å²) >= 11 is 4.86. The maximum atomic E-state index is 13.2. The minimum absolute atomic E-state index is 0.0489. The highest BCUT2D eigenvalue weighted by molar-refractivity contribution is 7.80. The Labute approximate surface area is 128 Å². The van der Waals surface area contributed by atoms with E-state index in [0.717, 1.165) is 5.56 Å². The first-order chi connectivity index (χ1) is 10.1. The van der Waals surface area contributed by atoms with Crippen LogP contribution in [0.3, 0.4) is 0 Å². The van der Waals surface area contributed by atoms with Crippen LogP contribution >= 0.6 is 12.2 Å². The number of hydrogen-bond donors (Lipinski definition) is 2. The van der Waals surface area contributed by atoms with Crippen molar-refractivity contribution in [3.63, 3.8) is 0 Å². The van der Waals surface area contributed by atoms with E-state index < -0.39 is 5.82 Å². The molecule has 1 amide bonds. The lowest BCUT2D eigenvalue weighted by molar-refractivity contribution is -0.116.